The molecular weight excluding hydrogens is 454 g/mol. The minimum atomic E-state index is 0.0874. The van der Waals surface area contributed by atoms with Crippen LogP contribution >= 0.6 is 11.8 Å². The number of rotatable bonds is 7. The lowest BCUT2D eigenvalue weighted by molar-refractivity contribution is -0.116. The van der Waals surface area contributed by atoms with Crippen LogP contribution in [0.25, 0.3) is 17.1 Å². The van der Waals surface area contributed by atoms with E-state index in [-0.39, 0.29) is 11.9 Å². The average Bonchev–Trinajstić information content (AvgIpc) is 3.47. The van der Waals surface area contributed by atoms with Gasteiger partial charge < -0.3 is 4.90 Å². The normalized spacial score (nSPS) is 14.8. The van der Waals surface area contributed by atoms with Gasteiger partial charge >= 0.3 is 0 Å². The number of para-hydroxylation sites is 2. The highest BCUT2D eigenvalue weighted by Crippen LogP contribution is 2.35. The maximum atomic E-state index is 13.4. The Hall–Kier alpha value is -3.45. The third-order valence-corrected chi connectivity index (χ3v) is 7.46. The van der Waals surface area contributed by atoms with E-state index < -0.39 is 0 Å². The van der Waals surface area contributed by atoms with Crippen LogP contribution in [0.5, 0.6) is 0 Å². The van der Waals surface area contributed by atoms with Gasteiger partial charge in [-0.15, -0.1) is 10.2 Å². The first-order valence-electron chi connectivity index (χ1n) is 12.1. The van der Waals surface area contributed by atoms with Crippen molar-refractivity contribution in [2.45, 2.75) is 51.2 Å². The number of thioether (sulfide) groups is 1. The molecular formula is C28H29N5OS. The highest BCUT2D eigenvalue weighted by Gasteiger charge is 2.31. The van der Waals surface area contributed by atoms with Crippen molar-refractivity contribution in [1.29, 1.82) is 0 Å². The van der Waals surface area contributed by atoms with E-state index in [1.165, 1.54) is 28.5 Å². The Labute approximate surface area is 210 Å². The summed E-state index contributed by atoms with van der Waals surface area (Å²) in [6.45, 7) is 6.43. The maximum Gasteiger partial charge on any atom is 0.237 e. The molecule has 0 aliphatic carbocycles. The molecule has 1 atom stereocenters. The maximum absolute atomic E-state index is 13.4. The second kappa shape index (κ2) is 10.0. The number of aryl methyl sites for hydroxylation is 2. The Morgan fingerprint density at radius 3 is 2.49 bits per heavy atom. The molecule has 35 heavy (non-hydrogen) atoms. The monoisotopic (exact) mass is 483 g/mol. The molecule has 7 heteroatoms. The highest BCUT2D eigenvalue weighted by molar-refractivity contribution is 7.99. The lowest BCUT2D eigenvalue weighted by Gasteiger charge is -2.23. The van der Waals surface area contributed by atoms with E-state index in [4.69, 9.17) is 0 Å². The van der Waals surface area contributed by atoms with Crippen molar-refractivity contribution in [3.8, 4) is 17.1 Å². The molecule has 0 spiro atoms. The molecule has 6 nitrogen and oxygen atoms in total. The Morgan fingerprint density at radius 1 is 1.00 bits per heavy atom. The third-order valence-electron chi connectivity index (χ3n) is 6.54. The van der Waals surface area contributed by atoms with Gasteiger partial charge in [0.1, 0.15) is 0 Å². The number of carbonyl (C=O) groups is 1. The number of pyridine rings is 1. The zero-order valence-corrected chi connectivity index (χ0v) is 21.1. The predicted octanol–water partition coefficient (Wildman–Crippen LogP) is 5.52. The van der Waals surface area contributed by atoms with Gasteiger partial charge in [0.15, 0.2) is 11.0 Å². The molecule has 1 amide bonds. The molecule has 1 aliphatic heterocycles. The van der Waals surface area contributed by atoms with Crippen LogP contribution in [0, 0.1) is 0 Å². The predicted molar refractivity (Wildman–Crippen MR) is 141 cm³/mol. The van der Waals surface area contributed by atoms with Gasteiger partial charge in [0.05, 0.1) is 11.4 Å². The Morgan fingerprint density at radius 2 is 1.77 bits per heavy atom. The van der Waals surface area contributed by atoms with E-state index in [0.717, 1.165) is 42.0 Å². The summed E-state index contributed by atoms with van der Waals surface area (Å²) in [6, 6.07) is 18.6. The molecule has 0 fully saturated rings. The number of aromatic nitrogens is 4. The largest absolute Gasteiger partial charge is 0.308 e. The zero-order valence-electron chi connectivity index (χ0n) is 20.3. The molecule has 0 bridgehead atoms. The van der Waals surface area contributed by atoms with Crippen molar-refractivity contribution in [1.82, 2.24) is 19.7 Å². The van der Waals surface area contributed by atoms with Crippen molar-refractivity contribution in [3.63, 3.8) is 0 Å². The van der Waals surface area contributed by atoms with E-state index >= 15 is 0 Å². The van der Waals surface area contributed by atoms with Crippen LogP contribution in [0.3, 0.4) is 0 Å². The summed E-state index contributed by atoms with van der Waals surface area (Å²) in [5, 5.41) is 9.84. The average molecular weight is 484 g/mol. The molecule has 0 radical (unpaired) electrons. The highest BCUT2D eigenvalue weighted by atomic mass is 32.2. The van der Waals surface area contributed by atoms with Gasteiger partial charge in [0.2, 0.25) is 5.91 Å². The second-order valence-corrected chi connectivity index (χ2v) is 9.69. The molecule has 0 unspecified atom stereocenters. The molecule has 4 aromatic rings. The summed E-state index contributed by atoms with van der Waals surface area (Å²) >= 11 is 1.45. The van der Waals surface area contributed by atoms with E-state index in [1.807, 2.05) is 41.4 Å². The second-order valence-electron chi connectivity index (χ2n) is 8.75. The Kier molecular flexibility index (Phi) is 6.68. The standard InChI is InChI=1S/C28H29N5OS/c1-4-20-11-8-12-21(5-2)26(20)33-27(23-13-9-15-29-17-23)30-31-28(33)35-18-25(34)32-19(3)16-22-10-6-7-14-24(22)32/h6-15,17,19H,4-5,16,18H2,1-3H3/t19-/m0/s1. The molecule has 3 heterocycles. The van der Waals surface area contributed by atoms with Crippen LogP contribution < -0.4 is 4.90 Å². The molecule has 1 aliphatic rings. The Balaban J connectivity index is 1.53. The first-order chi connectivity index (χ1) is 17.1. The summed E-state index contributed by atoms with van der Waals surface area (Å²) in [6.07, 6.45) is 6.23. The number of fused-ring (bicyclic) bond motifs is 1. The summed E-state index contributed by atoms with van der Waals surface area (Å²) in [4.78, 5) is 19.6. The number of anilines is 1. The SMILES string of the molecule is CCc1cccc(CC)c1-n1c(SCC(=O)N2c3ccccc3C[C@@H]2C)nnc1-c1cccnc1. The number of amides is 1. The van der Waals surface area contributed by atoms with Crippen LogP contribution in [0.4, 0.5) is 5.69 Å². The van der Waals surface area contributed by atoms with Crippen LogP contribution in [0.15, 0.2) is 72.1 Å². The minimum Gasteiger partial charge on any atom is -0.308 e. The van der Waals surface area contributed by atoms with E-state index in [2.05, 4.69) is 64.8 Å². The lowest BCUT2D eigenvalue weighted by atomic mass is 10.0. The van der Waals surface area contributed by atoms with E-state index in [9.17, 15) is 4.79 Å². The number of nitrogens with zero attached hydrogens (tertiary/aromatic N) is 5. The minimum absolute atomic E-state index is 0.0874. The van der Waals surface area contributed by atoms with Crippen LogP contribution in [-0.2, 0) is 24.1 Å². The van der Waals surface area contributed by atoms with Gasteiger partial charge in [0.25, 0.3) is 0 Å². The van der Waals surface area contributed by atoms with Crippen molar-refractivity contribution in [2.75, 3.05) is 10.7 Å². The van der Waals surface area contributed by atoms with Gasteiger partial charge in [-0.25, -0.2) is 0 Å². The number of hydrogen-bond acceptors (Lipinski definition) is 5. The van der Waals surface area contributed by atoms with Crippen LogP contribution in [0.2, 0.25) is 0 Å². The molecule has 0 saturated heterocycles. The summed E-state index contributed by atoms with van der Waals surface area (Å²) < 4.78 is 2.12. The molecule has 5 rings (SSSR count). The summed E-state index contributed by atoms with van der Waals surface area (Å²) in [5.41, 5.74) is 6.70. The Bertz CT molecular complexity index is 1330. The lowest BCUT2D eigenvalue weighted by Crippen LogP contribution is -2.37. The molecule has 2 aromatic carbocycles. The molecule has 178 valence electrons. The fourth-order valence-corrected chi connectivity index (χ4v) is 5.69. The van der Waals surface area contributed by atoms with E-state index in [0.29, 0.717) is 10.9 Å². The van der Waals surface area contributed by atoms with Gasteiger partial charge in [0, 0.05) is 29.7 Å². The van der Waals surface area contributed by atoms with Gasteiger partial charge in [-0.3, -0.25) is 14.3 Å². The number of carbonyl (C=O) groups excluding carboxylic acids is 1. The summed E-state index contributed by atoms with van der Waals surface area (Å²) in [5.74, 6) is 1.12. The van der Waals surface area contributed by atoms with E-state index in [1.54, 1.807) is 6.20 Å². The first-order valence-corrected chi connectivity index (χ1v) is 13.1. The fourth-order valence-electron chi connectivity index (χ4n) is 4.89. The fraction of sp³-hybridized carbons (Fsp3) is 0.286. The van der Waals surface area contributed by atoms with Crippen LogP contribution in [-0.4, -0.2) is 37.5 Å². The van der Waals surface area contributed by atoms with Crippen molar-refractivity contribution >= 4 is 23.4 Å². The van der Waals surface area contributed by atoms with Gasteiger partial charge in [-0.1, -0.05) is 62.0 Å². The summed E-state index contributed by atoms with van der Waals surface area (Å²) in [7, 11) is 0. The van der Waals surface area contributed by atoms with Crippen molar-refractivity contribution in [2.24, 2.45) is 0 Å². The number of hydrogen-bond donors (Lipinski definition) is 0. The number of benzene rings is 2. The molecule has 0 N–H and O–H groups in total. The smallest absolute Gasteiger partial charge is 0.237 e. The van der Waals surface area contributed by atoms with Gasteiger partial charge in [-0.2, -0.15) is 0 Å². The van der Waals surface area contributed by atoms with Crippen LogP contribution in [0.1, 0.15) is 37.5 Å². The first kappa shape index (κ1) is 23.3. The van der Waals surface area contributed by atoms with Crippen molar-refractivity contribution < 1.29 is 4.79 Å². The van der Waals surface area contributed by atoms with Crippen molar-refractivity contribution in [3.05, 3.63) is 83.7 Å². The topological polar surface area (TPSA) is 63.9 Å². The van der Waals surface area contributed by atoms with Gasteiger partial charge in [-0.05, 0) is 61.1 Å². The molecule has 0 saturated carbocycles. The quantitative estimate of drug-likeness (QED) is 0.324. The molecule has 2 aromatic heterocycles. The third kappa shape index (κ3) is 4.36. The zero-order chi connectivity index (χ0) is 24.4.